The second-order valence-corrected chi connectivity index (χ2v) is 8.62. The fourth-order valence-electron chi connectivity index (χ4n) is 4.37. The lowest BCUT2D eigenvalue weighted by atomic mass is 9.77. The van der Waals surface area contributed by atoms with Crippen molar-refractivity contribution in [2.24, 2.45) is 0 Å². The molecule has 1 fully saturated rings. The summed E-state index contributed by atoms with van der Waals surface area (Å²) in [5.41, 5.74) is 1.94. The van der Waals surface area contributed by atoms with E-state index in [2.05, 4.69) is 35.6 Å². The number of hydrogen-bond acceptors (Lipinski definition) is 4. The fraction of sp³-hybridized carbons (Fsp3) is 0.550. The molecule has 1 saturated heterocycles. The maximum absolute atomic E-state index is 14.3. The molecule has 6 heteroatoms. The summed E-state index contributed by atoms with van der Waals surface area (Å²) in [5.74, 6) is 0.437. The molecule has 26 heavy (non-hydrogen) atoms. The van der Waals surface area contributed by atoms with E-state index in [0.29, 0.717) is 12.2 Å². The quantitative estimate of drug-likeness (QED) is 0.853. The van der Waals surface area contributed by atoms with Crippen LogP contribution in [0.2, 0.25) is 0 Å². The molecular weight excluding hydrogens is 331 g/mol. The summed E-state index contributed by atoms with van der Waals surface area (Å²) >= 11 is 0. The van der Waals surface area contributed by atoms with Gasteiger partial charge in [-0.15, -0.1) is 0 Å². The number of piperidine rings is 1. The summed E-state index contributed by atoms with van der Waals surface area (Å²) in [6.07, 6.45) is 6.48. The molecule has 2 aliphatic rings. The van der Waals surface area contributed by atoms with Crippen LogP contribution in [0.15, 0.2) is 23.3 Å². The third-order valence-corrected chi connectivity index (χ3v) is 5.75. The van der Waals surface area contributed by atoms with Crippen molar-refractivity contribution in [2.75, 3.05) is 18.0 Å². The molecule has 2 aromatic heterocycles. The highest BCUT2D eigenvalue weighted by atomic mass is 19.1. The SMILES string of the molecule is CC(C)(C)c1nc2c(c(=O)[nH]1)CCC21CCCN(c2ccncc2F)C1. The summed E-state index contributed by atoms with van der Waals surface area (Å²) in [7, 11) is 0. The summed E-state index contributed by atoms with van der Waals surface area (Å²) in [6, 6.07) is 1.73. The highest BCUT2D eigenvalue weighted by Crippen LogP contribution is 2.44. The zero-order chi connectivity index (χ0) is 18.5. The number of hydrogen-bond donors (Lipinski definition) is 1. The predicted molar refractivity (Wildman–Crippen MR) is 99.2 cm³/mol. The van der Waals surface area contributed by atoms with Gasteiger partial charge in [-0.3, -0.25) is 9.78 Å². The molecule has 1 spiro atoms. The minimum Gasteiger partial charge on any atom is -0.368 e. The second kappa shape index (κ2) is 5.89. The van der Waals surface area contributed by atoms with Crippen molar-refractivity contribution in [3.63, 3.8) is 0 Å². The van der Waals surface area contributed by atoms with E-state index in [1.165, 1.54) is 6.20 Å². The Kier molecular flexibility index (Phi) is 3.90. The molecular formula is C20H25FN4O. The average molecular weight is 356 g/mol. The highest BCUT2D eigenvalue weighted by molar-refractivity contribution is 5.49. The van der Waals surface area contributed by atoms with Gasteiger partial charge in [0.15, 0.2) is 5.82 Å². The molecule has 1 N–H and O–H groups in total. The summed E-state index contributed by atoms with van der Waals surface area (Å²) in [5, 5.41) is 0. The summed E-state index contributed by atoms with van der Waals surface area (Å²) in [4.78, 5) is 26.5. The van der Waals surface area contributed by atoms with Gasteiger partial charge in [-0.25, -0.2) is 9.37 Å². The summed E-state index contributed by atoms with van der Waals surface area (Å²) in [6.45, 7) is 7.67. The normalized spacial score (nSPS) is 22.7. The lowest BCUT2D eigenvalue weighted by Gasteiger charge is -2.42. The molecule has 5 nitrogen and oxygen atoms in total. The van der Waals surface area contributed by atoms with Gasteiger partial charge in [0, 0.05) is 35.7 Å². The lowest BCUT2D eigenvalue weighted by molar-refractivity contribution is 0.330. The largest absolute Gasteiger partial charge is 0.368 e. The van der Waals surface area contributed by atoms with E-state index in [-0.39, 0.29) is 22.2 Å². The van der Waals surface area contributed by atoms with Gasteiger partial charge in [-0.2, -0.15) is 0 Å². The Bertz CT molecular complexity index is 901. The van der Waals surface area contributed by atoms with E-state index in [0.717, 1.165) is 49.3 Å². The van der Waals surface area contributed by atoms with Crippen molar-refractivity contribution < 1.29 is 4.39 Å². The number of aromatic amines is 1. The maximum atomic E-state index is 14.3. The Morgan fingerprint density at radius 1 is 1.31 bits per heavy atom. The van der Waals surface area contributed by atoms with Crippen LogP contribution in [-0.4, -0.2) is 28.0 Å². The number of fused-ring (bicyclic) bond motifs is 2. The molecule has 2 aromatic rings. The predicted octanol–water partition coefficient (Wildman–Crippen LogP) is 3.09. The monoisotopic (exact) mass is 356 g/mol. The molecule has 4 rings (SSSR count). The van der Waals surface area contributed by atoms with Crippen LogP contribution in [0.25, 0.3) is 0 Å². The Labute approximate surface area is 152 Å². The smallest absolute Gasteiger partial charge is 0.254 e. The number of nitrogens with one attached hydrogen (secondary N) is 1. The average Bonchev–Trinajstić information content (AvgIpc) is 2.93. The van der Waals surface area contributed by atoms with Crippen LogP contribution in [-0.2, 0) is 17.3 Å². The van der Waals surface area contributed by atoms with Gasteiger partial charge in [-0.05, 0) is 31.7 Å². The standard InChI is InChI=1S/C20H25FN4O/c1-19(2,3)18-23-16-13(17(26)24-18)5-8-20(16)7-4-10-25(12-20)15-6-9-22-11-14(15)21/h6,9,11H,4-5,7-8,10,12H2,1-3H3,(H,23,24,26). The molecule has 0 saturated carbocycles. The molecule has 1 unspecified atom stereocenters. The molecule has 1 aliphatic carbocycles. The minimum absolute atomic E-state index is 0.0102. The van der Waals surface area contributed by atoms with Crippen molar-refractivity contribution in [2.45, 2.75) is 57.3 Å². The number of H-pyrrole nitrogens is 1. The van der Waals surface area contributed by atoms with Crippen LogP contribution in [0.4, 0.5) is 10.1 Å². The van der Waals surface area contributed by atoms with E-state index in [1.54, 1.807) is 12.3 Å². The molecule has 0 bridgehead atoms. The molecule has 0 radical (unpaired) electrons. The van der Waals surface area contributed by atoms with Gasteiger partial charge in [-0.1, -0.05) is 20.8 Å². The Morgan fingerprint density at radius 2 is 2.12 bits per heavy atom. The van der Waals surface area contributed by atoms with E-state index < -0.39 is 0 Å². The fourth-order valence-corrected chi connectivity index (χ4v) is 4.37. The van der Waals surface area contributed by atoms with E-state index in [1.807, 2.05) is 0 Å². The zero-order valence-electron chi connectivity index (χ0n) is 15.6. The van der Waals surface area contributed by atoms with Gasteiger partial charge in [0.1, 0.15) is 5.82 Å². The lowest BCUT2D eigenvalue weighted by Crippen LogP contribution is -2.46. The molecule has 1 atom stereocenters. The van der Waals surface area contributed by atoms with Crippen molar-refractivity contribution >= 4 is 5.69 Å². The van der Waals surface area contributed by atoms with Gasteiger partial charge < -0.3 is 9.88 Å². The minimum atomic E-state index is -0.294. The maximum Gasteiger partial charge on any atom is 0.254 e. The number of halogens is 1. The van der Waals surface area contributed by atoms with Crippen LogP contribution in [0.1, 0.15) is 57.1 Å². The number of pyridine rings is 1. The van der Waals surface area contributed by atoms with Gasteiger partial charge >= 0.3 is 0 Å². The molecule has 0 amide bonds. The van der Waals surface area contributed by atoms with Crippen LogP contribution in [0, 0.1) is 5.82 Å². The number of nitrogens with zero attached hydrogens (tertiary/aromatic N) is 3. The van der Waals surface area contributed by atoms with Gasteiger partial charge in [0.25, 0.3) is 5.56 Å². The third-order valence-electron chi connectivity index (χ3n) is 5.75. The Balaban J connectivity index is 1.77. The summed E-state index contributed by atoms with van der Waals surface area (Å²) < 4.78 is 14.3. The van der Waals surface area contributed by atoms with Crippen LogP contribution >= 0.6 is 0 Å². The number of aromatic nitrogens is 3. The first-order valence-corrected chi connectivity index (χ1v) is 9.29. The Morgan fingerprint density at radius 3 is 2.85 bits per heavy atom. The van der Waals surface area contributed by atoms with Crippen molar-refractivity contribution in [3.8, 4) is 0 Å². The van der Waals surface area contributed by atoms with Crippen LogP contribution in [0.5, 0.6) is 0 Å². The van der Waals surface area contributed by atoms with Crippen molar-refractivity contribution in [1.29, 1.82) is 0 Å². The molecule has 1 aliphatic heterocycles. The van der Waals surface area contributed by atoms with E-state index >= 15 is 0 Å². The topological polar surface area (TPSA) is 61.9 Å². The van der Waals surface area contributed by atoms with E-state index in [4.69, 9.17) is 4.98 Å². The number of rotatable bonds is 1. The zero-order valence-corrected chi connectivity index (χ0v) is 15.6. The first kappa shape index (κ1) is 17.2. The van der Waals surface area contributed by atoms with Crippen molar-refractivity contribution in [3.05, 3.63) is 51.7 Å². The number of anilines is 1. The van der Waals surface area contributed by atoms with Gasteiger partial charge in [0.2, 0.25) is 0 Å². The second-order valence-electron chi connectivity index (χ2n) is 8.62. The third kappa shape index (κ3) is 2.72. The first-order valence-electron chi connectivity index (χ1n) is 9.29. The highest BCUT2D eigenvalue weighted by Gasteiger charge is 2.45. The first-order chi connectivity index (χ1) is 12.3. The van der Waals surface area contributed by atoms with Gasteiger partial charge in [0.05, 0.1) is 17.6 Å². The van der Waals surface area contributed by atoms with Crippen LogP contribution < -0.4 is 10.5 Å². The van der Waals surface area contributed by atoms with E-state index in [9.17, 15) is 9.18 Å². The van der Waals surface area contributed by atoms with Crippen LogP contribution in [0.3, 0.4) is 0 Å². The Hall–Kier alpha value is -2.24. The molecule has 138 valence electrons. The molecule has 3 heterocycles. The van der Waals surface area contributed by atoms with Crippen molar-refractivity contribution in [1.82, 2.24) is 15.0 Å². The molecule has 0 aromatic carbocycles.